The molecule has 19 heavy (non-hydrogen) atoms. The zero-order chi connectivity index (χ0) is 13.7. The van der Waals surface area contributed by atoms with E-state index in [1.54, 1.807) is 6.26 Å². The molecule has 0 saturated heterocycles. The van der Waals surface area contributed by atoms with Crippen molar-refractivity contribution in [3.63, 3.8) is 0 Å². The SMILES string of the molecule is CCCNC(Cc1ccco1)c1cc(C)nn1CC. The van der Waals surface area contributed by atoms with E-state index in [1.807, 2.05) is 19.1 Å². The summed E-state index contributed by atoms with van der Waals surface area (Å²) < 4.78 is 7.55. The van der Waals surface area contributed by atoms with Gasteiger partial charge in [0.25, 0.3) is 0 Å². The molecule has 2 aromatic heterocycles. The van der Waals surface area contributed by atoms with Crippen molar-refractivity contribution >= 4 is 0 Å². The summed E-state index contributed by atoms with van der Waals surface area (Å²) in [6.07, 6.45) is 3.71. The first-order valence-electron chi connectivity index (χ1n) is 7.04. The zero-order valence-corrected chi connectivity index (χ0v) is 12.0. The number of hydrogen-bond acceptors (Lipinski definition) is 3. The van der Waals surface area contributed by atoms with Crippen LogP contribution in [-0.2, 0) is 13.0 Å². The highest BCUT2D eigenvalue weighted by Gasteiger charge is 2.18. The Labute approximate surface area is 114 Å². The molecule has 0 radical (unpaired) electrons. The van der Waals surface area contributed by atoms with Crippen LogP contribution in [0, 0.1) is 6.92 Å². The van der Waals surface area contributed by atoms with E-state index in [4.69, 9.17) is 4.42 Å². The molecule has 1 unspecified atom stereocenters. The Morgan fingerprint density at radius 1 is 1.42 bits per heavy atom. The van der Waals surface area contributed by atoms with Gasteiger partial charge in [-0.25, -0.2) is 0 Å². The fourth-order valence-corrected chi connectivity index (χ4v) is 2.33. The van der Waals surface area contributed by atoms with E-state index in [9.17, 15) is 0 Å². The van der Waals surface area contributed by atoms with E-state index in [-0.39, 0.29) is 6.04 Å². The molecule has 0 aliphatic carbocycles. The van der Waals surface area contributed by atoms with E-state index >= 15 is 0 Å². The molecule has 0 aliphatic heterocycles. The van der Waals surface area contributed by atoms with Crippen molar-refractivity contribution in [3.8, 4) is 0 Å². The Hall–Kier alpha value is -1.55. The molecule has 0 saturated carbocycles. The van der Waals surface area contributed by atoms with Gasteiger partial charge < -0.3 is 9.73 Å². The van der Waals surface area contributed by atoms with Crippen LogP contribution in [0.3, 0.4) is 0 Å². The summed E-state index contributed by atoms with van der Waals surface area (Å²) in [6, 6.07) is 6.39. The molecule has 0 spiro atoms. The van der Waals surface area contributed by atoms with Gasteiger partial charge in [-0.05, 0) is 45.0 Å². The largest absolute Gasteiger partial charge is 0.469 e. The Morgan fingerprint density at radius 2 is 2.26 bits per heavy atom. The van der Waals surface area contributed by atoms with Gasteiger partial charge in [-0.1, -0.05) is 6.92 Å². The molecule has 1 atom stereocenters. The van der Waals surface area contributed by atoms with Gasteiger partial charge in [-0.15, -0.1) is 0 Å². The topological polar surface area (TPSA) is 43.0 Å². The summed E-state index contributed by atoms with van der Waals surface area (Å²) in [5, 5.41) is 8.12. The van der Waals surface area contributed by atoms with Crippen LogP contribution in [0.2, 0.25) is 0 Å². The highest BCUT2D eigenvalue weighted by molar-refractivity contribution is 5.16. The lowest BCUT2D eigenvalue weighted by Crippen LogP contribution is -2.26. The first-order valence-corrected chi connectivity index (χ1v) is 7.04. The smallest absolute Gasteiger partial charge is 0.105 e. The Morgan fingerprint density at radius 3 is 2.89 bits per heavy atom. The zero-order valence-electron chi connectivity index (χ0n) is 12.0. The second-order valence-corrected chi connectivity index (χ2v) is 4.82. The summed E-state index contributed by atoms with van der Waals surface area (Å²) in [4.78, 5) is 0. The monoisotopic (exact) mass is 261 g/mol. The van der Waals surface area contributed by atoms with E-state index in [0.717, 1.165) is 37.4 Å². The lowest BCUT2D eigenvalue weighted by atomic mass is 10.1. The van der Waals surface area contributed by atoms with E-state index in [2.05, 4.69) is 35.0 Å². The van der Waals surface area contributed by atoms with Gasteiger partial charge in [0.2, 0.25) is 0 Å². The first kappa shape index (κ1) is 13.9. The number of nitrogens with zero attached hydrogens (tertiary/aromatic N) is 2. The maximum atomic E-state index is 5.48. The second-order valence-electron chi connectivity index (χ2n) is 4.82. The summed E-state index contributed by atoms with van der Waals surface area (Å²) in [6.45, 7) is 8.24. The third-order valence-corrected chi connectivity index (χ3v) is 3.22. The van der Waals surface area contributed by atoms with Crippen molar-refractivity contribution in [2.75, 3.05) is 6.54 Å². The highest BCUT2D eigenvalue weighted by Crippen LogP contribution is 2.20. The molecule has 0 aliphatic rings. The average molecular weight is 261 g/mol. The summed E-state index contributed by atoms with van der Waals surface area (Å²) >= 11 is 0. The third kappa shape index (κ3) is 3.47. The van der Waals surface area contributed by atoms with Crippen molar-refractivity contribution in [3.05, 3.63) is 41.6 Å². The lowest BCUT2D eigenvalue weighted by molar-refractivity contribution is 0.427. The van der Waals surface area contributed by atoms with Crippen molar-refractivity contribution in [2.24, 2.45) is 0 Å². The number of aryl methyl sites for hydroxylation is 2. The summed E-state index contributed by atoms with van der Waals surface area (Å²) in [5.41, 5.74) is 2.31. The van der Waals surface area contributed by atoms with Crippen LogP contribution in [0.25, 0.3) is 0 Å². The van der Waals surface area contributed by atoms with Crippen LogP contribution >= 0.6 is 0 Å². The molecule has 4 heteroatoms. The van der Waals surface area contributed by atoms with Crippen LogP contribution in [0.5, 0.6) is 0 Å². The quantitative estimate of drug-likeness (QED) is 0.833. The normalized spacial score (nSPS) is 12.8. The molecule has 0 amide bonds. The Kier molecular flexibility index (Phi) is 4.80. The fourth-order valence-electron chi connectivity index (χ4n) is 2.33. The van der Waals surface area contributed by atoms with Crippen LogP contribution < -0.4 is 5.32 Å². The number of nitrogens with one attached hydrogen (secondary N) is 1. The van der Waals surface area contributed by atoms with E-state index < -0.39 is 0 Å². The molecule has 2 heterocycles. The number of rotatable bonds is 7. The van der Waals surface area contributed by atoms with Crippen LogP contribution in [0.4, 0.5) is 0 Å². The van der Waals surface area contributed by atoms with Gasteiger partial charge in [0.05, 0.1) is 23.7 Å². The molecule has 2 aromatic rings. The molecule has 104 valence electrons. The van der Waals surface area contributed by atoms with Crippen molar-refractivity contribution in [1.29, 1.82) is 0 Å². The van der Waals surface area contributed by atoms with Gasteiger partial charge in [0.1, 0.15) is 5.76 Å². The van der Waals surface area contributed by atoms with Crippen molar-refractivity contribution in [2.45, 2.75) is 46.2 Å². The molecular formula is C15H23N3O. The van der Waals surface area contributed by atoms with E-state index in [1.165, 1.54) is 5.69 Å². The third-order valence-electron chi connectivity index (χ3n) is 3.22. The van der Waals surface area contributed by atoms with Gasteiger partial charge in [0.15, 0.2) is 0 Å². The summed E-state index contributed by atoms with van der Waals surface area (Å²) in [5.74, 6) is 1.01. The van der Waals surface area contributed by atoms with Crippen molar-refractivity contribution in [1.82, 2.24) is 15.1 Å². The standard InChI is InChI=1S/C15H23N3O/c1-4-8-16-14(11-13-7-6-9-19-13)15-10-12(3)17-18(15)5-2/h6-7,9-10,14,16H,4-5,8,11H2,1-3H3. The minimum atomic E-state index is 0.257. The van der Waals surface area contributed by atoms with Crippen molar-refractivity contribution < 1.29 is 4.42 Å². The molecule has 0 fully saturated rings. The molecular weight excluding hydrogens is 238 g/mol. The van der Waals surface area contributed by atoms with Gasteiger partial charge in [0, 0.05) is 13.0 Å². The minimum Gasteiger partial charge on any atom is -0.469 e. The number of aromatic nitrogens is 2. The van der Waals surface area contributed by atoms with Crippen LogP contribution in [0.1, 0.15) is 43.5 Å². The van der Waals surface area contributed by atoms with E-state index in [0.29, 0.717) is 0 Å². The predicted molar refractivity (Wildman–Crippen MR) is 76.1 cm³/mol. The molecule has 0 bridgehead atoms. The number of hydrogen-bond donors (Lipinski definition) is 1. The van der Waals surface area contributed by atoms with Crippen LogP contribution in [-0.4, -0.2) is 16.3 Å². The molecule has 1 N–H and O–H groups in total. The average Bonchev–Trinajstić information content (AvgIpc) is 3.03. The Bertz CT molecular complexity index is 487. The molecule has 2 rings (SSSR count). The first-order chi connectivity index (χ1) is 9.24. The van der Waals surface area contributed by atoms with Gasteiger partial charge in [-0.3, -0.25) is 4.68 Å². The van der Waals surface area contributed by atoms with Gasteiger partial charge in [-0.2, -0.15) is 5.10 Å². The predicted octanol–water partition coefficient (Wildman–Crippen LogP) is 3.09. The lowest BCUT2D eigenvalue weighted by Gasteiger charge is -2.18. The molecule has 4 nitrogen and oxygen atoms in total. The maximum Gasteiger partial charge on any atom is 0.105 e. The maximum absolute atomic E-state index is 5.48. The van der Waals surface area contributed by atoms with Gasteiger partial charge >= 0.3 is 0 Å². The minimum absolute atomic E-state index is 0.257. The number of furan rings is 1. The fraction of sp³-hybridized carbons (Fsp3) is 0.533. The highest BCUT2D eigenvalue weighted by atomic mass is 16.3. The summed E-state index contributed by atoms with van der Waals surface area (Å²) in [7, 11) is 0. The Balaban J connectivity index is 2.20. The molecule has 0 aromatic carbocycles. The van der Waals surface area contributed by atoms with Crippen LogP contribution in [0.15, 0.2) is 28.9 Å². The second kappa shape index (κ2) is 6.57.